The molecule has 2 aromatic rings. The van der Waals surface area contributed by atoms with Crippen LogP contribution in [0.3, 0.4) is 0 Å². The Balaban J connectivity index is 1.53. The summed E-state index contributed by atoms with van der Waals surface area (Å²) in [6.07, 6.45) is 5.25. The first-order valence-electron chi connectivity index (χ1n) is 8.71. The van der Waals surface area contributed by atoms with Gasteiger partial charge in [0.1, 0.15) is 12.0 Å². The number of carbonyl (C=O) groups excluding carboxylic acids is 2. The fraction of sp³-hybridized carbons (Fsp3) is 0.500. The standard InChI is InChI=1S/C18H22N4O3/c1-10-5-12-3-4-22(10)8-15(12)21-18(24)14-6-13-16(20-11(2)23)9-25-17(13)7-19-14/h6-7,9-10,12,15H,3-5,8H2,1-2H3,(H,20,23)(H,21,24). The van der Waals surface area contributed by atoms with E-state index in [2.05, 4.69) is 27.4 Å². The lowest BCUT2D eigenvalue weighted by Gasteiger charge is -2.48. The molecular formula is C18H22N4O3. The largest absolute Gasteiger partial charge is 0.460 e. The van der Waals surface area contributed by atoms with Crippen molar-refractivity contribution in [2.45, 2.75) is 38.8 Å². The third kappa shape index (κ3) is 3.00. The molecule has 4 atom stereocenters. The summed E-state index contributed by atoms with van der Waals surface area (Å²) in [5.74, 6) is 0.173. The number of hydrogen-bond donors (Lipinski definition) is 2. The maximum absolute atomic E-state index is 12.7. The Morgan fingerprint density at radius 1 is 1.40 bits per heavy atom. The van der Waals surface area contributed by atoms with E-state index in [0.29, 0.717) is 34.3 Å². The van der Waals surface area contributed by atoms with E-state index in [-0.39, 0.29) is 17.9 Å². The second-order valence-corrected chi connectivity index (χ2v) is 7.10. The minimum Gasteiger partial charge on any atom is -0.460 e. The molecule has 25 heavy (non-hydrogen) atoms. The van der Waals surface area contributed by atoms with Crippen LogP contribution in [0.25, 0.3) is 11.0 Å². The number of piperidine rings is 3. The van der Waals surface area contributed by atoms with Crippen molar-refractivity contribution in [2.24, 2.45) is 5.92 Å². The molecule has 132 valence electrons. The van der Waals surface area contributed by atoms with Crippen molar-refractivity contribution in [2.75, 3.05) is 18.4 Å². The summed E-state index contributed by atoms with van der Waals surface area (Å²) < 4.78 is 5.37. The van der Waals surface area contributed by atoms with Crippen LogP contribution in [-0.2, 0) is 4.79 Å². The average molecular weight is 342 g/mol. The van der Waals surface area contributed by atoms with Gasteiger partial charge in [0.25, 0.3) is 5.91 Å². The molecule has 3 aliphatic rings. The van der Waals surface area contributed by atoms with Gasteiger partial charge < -0.3 is 15.1 Å². The molecule has 3 aliphatic heterocycles. The van der Waals surface area contributed by atoms with Crippen LogP contribution in [0.1, 0.15) is 37.2 Å². The summed E-state index contributed by atoms with van der Waals surface area (Å²) in [5, 5.41) is 6.53. The van der Waals surface area contributed by atoms with Crippen LogP contribution in [0, 0.1) is 5.92 Å². The minimum atomic E-state index is -0.188. The van der Waals surface area contributed by atoms with Gasteiger partial charge in [0.2, 0.25) is 5.91 Å². The second-order valence-electron chi connectivity index (χ2n) is 7.10. The van der Waals surface area contributed by atoms with Crippen molar-refractivity contribution >= 4 is 28.5 Å². The summed E-state index contributed by atoms with van der Waals surface area (Å²) in [7, 11) is 0. The van der Waals surface area contributed by atoms with Gasteiger partial charge in [0, 0.05) is 30.9 Å². The predicted molar refractivity (Wildman–Crippen MR) is 93.3 cm³/mol. The van der Waals surface area contributed by atoms with Crippen LogP contribution in [0.5, 0.6) is 0 Å². The zero-order chi connectivity index (χ0) is 17.6. The minimum absolute atomic E-state index is 0.175. The average Bonchev–Trinajstić information content (AvgIpc) is 2.97. The first-order chi connectivity index (χ1) is 12.0. The van der Waals surface area contributed by atoms with Gasteiger partial charge in [-0.2, -0.15) is 0 Å². The van der Waals surface area contributed by atoms with Crippen molar-refractivity contribution in [3.05, 3.63) is 24.2 Å². The molecule has 5 heterocycles. The van der Waals surface area contributed by atoms with Crippen molar-refractivity contribution in [3.63, 3.8) is 0 Å². The lowest BCUT2D eigenvalue weighted by atomic mass is 9.80. The van der Waals surface area contributed by atoms with E-state index >= 15 is 0 Å². The zero-order valence-corrected chi connectivity index (χ0v) is 14.4. The van der Waals surface area contributed by atoms with Gasteiger partial charge in [-0.05, 0) is 38.3 Å². The first kappa shape index (κ1) is 16.1. The molecule has 0 aliphatic carbocycles. The maximum Gasteiger partial charge on any atom is 0.270 e. The molecule has 2 amide bonds. The van der Waals surface area contributed by atoms with Crippen LogP contribution in [0.2, 0.25) is 0 Å². The quantitative estimate of drug-likeness (QED) is 0.891. The van der Waals surface area contributed by atoms with Crippen molar-refractivity contribution in [1.82, 2.24) is 15.2 Å². The molecule has 0 saturated carbocycles. The maximum atomic E-state index is 12.7. The van der Waals surface area contributed by atoms with Crippen molar-refractivity contribution in [3.8, 4) is 0 Å². The SMILES string of the molecule is CC(=O)Nc1coc2cnc(C(=O)NC3CN4CCC3CC4C)cc12. The number of nitrogens with zero attached hydrogens (tertiary/aromatic N) is 2. The molecule has 0 spiro atoms. The number of aromatic nitrogens is 1. The topological polar surface area (TPSA) is 87.5 Å². The van der Waals surface area contributed by atoms with Gasteiger partial charge in [0.05, 0.1) is 11.9 Å². The van der Waals surface area contributed by atoms with E-state index in [4.69, 9.17) is 4.42 Å². The Hall–Kier alpha value is -2.41. The number of amides is 2. The van der Waals surface area contributed by atoms with E-state index in [9.17, 15) is 9.59 Å². The first-order valence-corrected chi connectivity index (χ1v) is 8.71. The van der Waals surface area contributed by atoms with Gasteiger partial charge in [0.15, 0.2) is 5.58 Å². The molecule has 4 unspecified atom stereocenters. The Labute approximate surface area is 145 Å². The molecule has 7 heteroatoms. The highest BCUT2D eigenvalue weighted by Crippen LogP contribution is 2.32. The molecule has 3 fully saturated rings. The van der Waals surface area contributed by atoms with Crippen LogP contribution >= 0.6 is 0 Å². The van der Waals surface area contributed by atoms with Crippen molar-refractivity contribution in [1.29, 1.82) is 0 Å². The number of carbonyl (C=O) groups is 2. The summed E-state index contributed by atoms with van der Waals surface area (Å²) in [5.41, 5.74) is 1.43. The molecule has 5 rings (SSSR count). The number of pyridine rings is 1. The van der Waals surface area contributed by atoms with Crippen LogP contribution in [0.15, 0.2) is 22.9 Å². The Bertz CT molecular complexity index is 831. The van der Waals surface area contributed by atoms with Gasteiger partial charge in [-0.1, -0.05) is 0 Å². The fourth-order valence-electron chi connectivity index (χ4n) is 4.05. The highest BCUT2D eigenvalue weighted by molar-refractivity contribution is 6.02. The van der Waals surface area contributed by atoms with Gasteiger partial charge >= 0.3 is 0 Å². The third-order valence-corrected chi connectivity index (χ3v) is 5.38. The zero-order valence-electron chi connectivity index (χ0n) is 14.4. The molecular weight excluding hydrogens is 320 g/mol. The monoisotopic (exact) mass is 342 g/mol. The van der Waals surface area contributed by atoms with E-state index in [1.807, 2.05) is 0 Å². The lowest BCUT2D eigenvalue weighted by molar-refractivity contribution is -0.114. The van der Waals surface area contributed by atoms with Gasteiger partial charge in [-0.3, -0.25) is 14.5 Å². The van der Waals surface area contributed by atoms with E-state index < -0.39 is 0 Å². The van der Waals surface area contributed by atoms with E-state index in [1.165, 1.54) is 19.4 Å². The second kappa shape index (κ2) is 6.15. The number of anilines is 1. The Morgan fingerprint density at radius 2 is 2.24 bits per heavy atom. The highest BCUT2D eigenvalue weighted by atomic mass is 16.3. The summed E-state index contributed by atoms with van der Waals surface area (Å²) in [6.45, 7) is 5.71. The summed E-state index contributed by atoms with van der Waals surface area (Å²) >= 11 is 0. The predicted octanol–water partition coefficient (Wildman–Crippen LogP) is 2.00. The van der Waals surface area contributed by atoms with Crippen LogP contribution in [-0.4, -0.2) is 46.9 Å². The summed E-state index contributed by atoms with van der Waals surface area (Å²) in [4.78, 5) is 30.6. The Kier molecular flexibility index (Phi) is 3.95. The van der Waals surface area contributed by atoms with Gasteiger partial charge in [-0.15, -0.1) is 0 Å². The number of nitrogens with one attached hydrogen (secondary N) is 2. The highest BCUT2D eigenvalue weighted by Gasteiger charge is 2.38. The van der Waals surface area contributed by atoms with Crippen LogP contribution in [0.4, 0.5) is 5.69 Å². The van der Waals surface area contributed by atoms with Gasteiger partial charge in [-0.25, -0.2) is 4.98 Å². The summed E-state index contributed by atoms with van der Waals surface area (Å²) in [6, 6.07) is 2.45. The normalized spacial score (nSPS) is 28.1. The third-order valence-electron chi connectivity index (χ3n) is 5.38. The molecule has 2 aromatic heterocycles. The number of hydrogen-bond acceptors (Lipinski definition) is 5. The molecule has 2 N–H and O–H groups in total. The van der Waals surface area contributed by atoms with E-state index in [1.54, 1.807) is 6.07 Å². The van der Waals surface area contributed by atoms with Crippen LogP contribution < -0.4 is 10.6 Å². The number of rotatable bonds is 3. The molecule has 0 aromatic carbocycles. The fourth-order valence-corrected chi connectivity index (χ4v) is 4.05. The lowest BCUT2D eigenvalue weighted by Crippen LogP contribution is -2.60. The number of furan rings is 1. The molecule has 3 saturated heterocycles. The number of fused-ring (bicyclic) bond motifs is 4. The smallest absolute Gasteiger partial charge is 0.270 e. The molecule has 0 radical (unpaired) electrons. The van der Waals surface area contributed by atoms with Crippen molar-refractivity contribution < 1.29 is 14.0 Å². The molecule has 2 bridgehead atoms. The molecule has 7 nitrogen and oxygen atoms in total. The Morgan fingerprint density at radius 3 is 2.92 bits per heavy atom. The van der Waals surface area contributed by atoms with E-state index in [0.717, 1.165) is 25.9 Å².